The third-order valence-electron chi connectivity index (χ3n) is 4.64. The van der Waals surface area contributed by atoms with Gasteiger partial charge in [0.05, 0.1) is 0 Å². The van der Waals surface area contributed by atoms with Crippen LogP contribution in [0.5, 0.6) is 0 Å². The van der Waals surface area contributed by atoms with E-state index in [1.165, 1.54) is 12.8 Å². The molecule has 0 amide bonds. The topological polar surface area (TPSA) is 43.4 Å². The van der Waals surface area contributed by atoms with E-state index in [9.17, 15) is 9.59 Å². The highest BCUT2D eigenvalue weighted by Gasteiger charge is 2.42. The van der Waals surface area contributed by atoms with Crippen LogP contribution in [0.4, 0.5) is 0 Å². The monoisotopic (exact) mass is 266 g/mol. The van der Waals surface area contributed by atoms with Crippen LogP contribution in [-0.4, -0.2) is 17.9 Å². The first-order valence-electron chi connectivity index (χ1n) is 7.54. The van der Waals surface area contributed by atoms with E-state index in [1.54, 1.807) is 0 Å². The zero-order valence-corrected chi connectivity index (χ0v) is 12.4. The fraction of sp³-hybridized carbons (Fsp3) is 0.875. The minimum Gasteiger partial charge on any atom is -0.460 e. The predicted octanol–water partition coefficient (Wildman–Crippen LogP) is 3.36. The van der Waals surface area contributed by atoms with E-state index >= 15 is 0 Å². The third kappa shape index (κ3) is 3.80. The van der Waals surface area contributed by atoms with Crippen molar-refractivity contribution in [2.24, 2.45) is 23.7 Å². The van der Waals surface area contributed by atoms with Crippen LogP contribution in [0.15, 0.2) is 0 Å². The van der Waals surface area contributed by atoms with Crippen LogP contribution >= 0.6 is 0 Å². The van der Waals surface area contributed by atoms with E-state index in [0.29, 0.717) is 36.5 Å². The second-order valence-electron chi connectivity index (χ2n) is 7.29. The van der Waals surface area contributed by atoms with Crippen molar-refractivity contribution < 1.29 is 14.3 Å². The summed E-state index contributed by atoms with van der Waals surface area (Å²) in [6.07, 6.45) is 7.04. The van der Waals surface area contributed by atoms with E-state index in [4.69, 9.17) is 4.74 Å². The molecule has 19 heavy (non-hydrogen) atoms. The summed E-state index contributed by atoms with van der Waals surface area (Å²) in [4.78, 5) is 22.6. The molecule has 2 aliphatic carbocycles. The number of rotatable bonds is 4. The average molecular weight is 266 g/mol. The summed E-state index contributed by atoms with van der Waals surface area (Å²) in [6.45, 7) is 5.74. The van der Waals surface area contributed by atoms with Crippen molar-refractivity contribution >= 4 is 12.3 Å². The van der Waals surface area contributed by atoms with E-state index in [1.807, 2.05) is 20.8 Å². The number of esters is 1. The van der Waals surface area contributed by atoms with Gasteiger partial charge in [-0.25, -0.2) is 0 Å². The molecule has 0 radical (unpaired) electrons. The van der Waals surface area contributed by atoms with Gasteiger partial charge in [-0.3, -0.25) is 4.79 Å². The molecule has 0 N–H and O–H groups in total. The van der Waals surface area contributed by atoms with Gasteiger partial charge in [-0.1, -0.05) is 0 Å². The molecule has 3 heteroatoms. The first-order chi connectivity index (χ1) is 8.89. The Morgan fingerprint density at radius 1 is 1.21 bits per heavy atom. The molecular formula is C16H26O3. The third-order valence-corrected chi connectivity index (χ3v) is 4.64. The van der Waals surface area contributed by atoms with Gasteiger partial charge in [-0.15, -0.1) is 0 Å². The lowest BCUT2D eigenvalue weighted by Gasteiger charge is -2.34. The number of carbonyl (C=O) groups excluding carboxylic acids is 2. The number of hydrogen-bond donors (Lipinski definition) is 0. The summed E-state index contributed by atoms with van der Waals surface area (Å²) in [7, 11) is 0. The van der Waals surface area contributed by atoms with Crippen molar-refractivity contribution in [3.8, 4) is 0 Å². The molecule has 0 heterocycles. The standard InChI is InChI=1S/C16H26O3/c1-16(2,3)19-15(18)10-11-8-12-4-5-13(9-11)14(12)6-7-17/h7,11-14H,4-6,8-10H2,1-3H3. The Morgan fingerprint density at radius 3 is 2.26 bits per heavy atom. The fourth-order valence-electron chi connectivity index (χ4n) is 4.06. The smallest absolute Gasteiger partial charge is 0.306 e. The maximum Gasteiger partial charge on any atom is 0.306 e. The minimum absolute atomic E-state index is 0.0641. The maximum absolute atomic E-state index is 11.9. The lowest BCUT2D eigenvalue weighted by molar-refractivity contribution is -0.156. The summed E-state index contributed by atoms with van der Waals surface area (Å²) in [5.41, 5.74) is -0.384. The Balaban J connectivity index is 1.85. The van der Waals surface area contributed by atoms with Crippen molar-refractivity contribution in [1.29, 1.82) is 0 Å². The fourth-order valence-corrected chi connectivity index (χ4v) is 4.06. The largest absolute Gasteiger partial charge is 0.460 e. The molecule has 0 aliphatic heterocycles. The maximum atomic E-state index is 11.9. The molecule has 2 saturated carbocycles. The van der Waals surface area contributed by atoms with Crippen LogP contribution in [0, 0.1) is 23.7 Å². The van der Waals surface area contributed by atoms with Gasteiger partial charge < -0.3 is 9.53 Å². The van der Waals surface area contributed by atoms with Gasteiger partial charge >= 0.3 is 5.97 Å². The van der Waals surface area contributed by atoms with E-state index in [0.717, 1.165) is 19.1 Å². The molecule has 2 fully saturated rings. The van der Waals surface area contributed by atoms with E-state index in [-0.39, 0.29) is 11.6 Å². The van der Waals surface area contributed by atoms with Crippen LogP contribution in [0.1, 0.15) is 59.3 Å². The number of ether oxygens (including phenoxy) is 1. The zero-order valence-electron chi connectivity index (χ0n) is 12.4. The van der Waals surface area contributed by atoms with Gasteiger partial charge in [0.2, 0.25) is 0 Å². The van der Waals surface area contributed by atoms with E-state index in [2.05, 4.69) is 0 Å². The Bertz CT molecular complexity index is 328. The molecule has 0 aromatic rings. The molecule has 3 nitrogen and oxygen atoms in total. The lowest BCUT2D eigenvalue weighted by Crippen LogP contribution is -2.30. The van der Waals surface area contributed by atoms with Gasteiger partial charge in [0.15, 0.2) is 0 Å². The highest BCUT2D eigenvalue weighted by molar-refractivity contribution is 5.70. The highest BCUT2D eigenvalue weighted by atomic mass is 16.6. The molecule has 2 atom stereocenters. The van der Waals surface area contributed by atoms with Crippen molar-refractivity contribution in [3.63, 3.8) is 0 Å². The second-order valence-corrected chi connectivity index (χ2v) is 7.29. The average Bonchev–Trinajstić information content (AvgIpc) is 2.51. The van der Waals surface area contributed by atoms with Gasteiger partial charge in [-0.2, -0.15) is 0 Å². The van der Waals surface area contributed by atoms with Gasteiger partial charge in [0.1, 0.15) is 11.9 Å². The molecular weight excluding hydrogens is 240 g/mol. The van der Waals surface area contributed by atoms with Crippen LogP contribution in [-0.2, 0) is 14.3 Å². The van der Waals surface area contributed by atoms with Crippen LogP contribution in [0.2, 0.25) is 0 Å². The molecule has 0 saturated heterocycles. The normalized spacial score (nSPS) is 34.1. The van der Waals surface area contributed by atoms with Crippen LogP contribution in [0.3, 0.4) is 0 Å². The van der Waals surface area contributed by atoms with Crippen LogP contribution < -0.4 is 0 Å². The van der Waals surface area contributed by atoms with Crippen LogP contribution in [0.25, 0.3) is 0 Å². The van der Waals surface area contributed by atoms with Gasteiger partial charge in [0.25, 0.3) is 0 Å². The summed E-state index contributed by atoms with van der Waals surface area (Å²) in [5, 5.41) is 0. The van der Waals surface area contributed by atoms with E-state index < -0.39 is 0 Å². The quantitative estimate of drug-likeness (QED) is 0.579. The Labute approximate surface area is 116 Å². The van der Waals surface area contributed by atoms with Crippen molar-refractivity contribution in [3.05, 3.63) is 0 Å². The Hall–Kier alpha value is -0.860. The number of carbonyl (C=O) groups is 2. The lowest BCUT2D eigenvalue weighted by atomic mass is 9.71. The molecule has 0 aromatic carbocycles. The van der Waals surface area contributed by atoms with Gasteiger partial charge in [0, 0.05) is 12.8 Å². The summed E-state index contributed by atoms with van der Waals surface area (Å²) >= 11 is 0. The molecule has 0 spiro atoms. The van der Waals surface area contributed by atoms with Crippen molar-refractivity contribution in [2.45, 2.75) is 64.9 Å². The first kappa shape index (κ1) is 14.5. The molecule has 2 rings (SSSR count). The van der Waals surface area contributed by atoms with Crippen molar-refractivity contribution in [2.75, 3.05) is 0 Å². The number of fused-ring (bicyclic) bond motifs is 2. The summed E-state index contributed by atoms with van der Waals surface area (Å²) < 4.78 is 5.41. The highest BCUT2D eigenvalue weighted by Crippen LogP contribution is 2.50. The molecule has 0 aromatic heterocycles. The minimum atomic E-state index is -0.384. The molecule has 108 valence electrons. The van der Waals surface area contributed by atoms with Gasteiger partial charge in [-0.05, 0) is 70.1 Å². The molecule has 2 unspecified atom stereocenters. The first-order valence-corrected chi connectivity index (χ1v) is 7.54. The molecule has 2 aliphatic rings. The van der Waals surface area contributed by atoms with Crippen molar-refractivity contribution in [1.82, 2.24) is 0 Å². The Morgan fingerprint density at radius 2 is 1.79 bits per heavy atom. The summed E-state index contributed by atoms with van der Waals surface area (Å²) in [6, 6.07) is 0. The second kappa shape index (κ2) is 5.64. The molecule has 2 bridgehead atoms. The zero-order chi connectivity index (χ0) is 14.0. The number of hydrogen-bond acceptors (Lipinski definition) is 3. The SMILES string of the molecule is CC(C)(C)OC(=O)CC1CC2CCC(C1)C2CC=O. The Kier molecular flexibility index (Phi) is 4.32. The predicted molar refractivity (Wildman–Crippen MR) is 73.6 cm³/mol. The summed E-state index contributed by atoms with van der Waals surface area (Å²) in [5.74, 6) is 2.32. The number of aldehydes is 1.